The molecule has 2 N–H and O–H groups in total. The largest absolute Gasteiger partial charge is 0.394 e. The van der Waals surface area contributed by atoms with Crippen molar-refractivity contribution < 1.29 is 18.6 Å². The van der Waals surface area contributed by atoms with Crippen LogP contribution < -0.4 is 11.2 Å². The van der Waals surface area contributed by atoms with Crippen molar-refractivity contribution in [1.29, 1.82) is 0 Å². The minimum Gasteiger partial charge on any atom is -0.394 e. The van der Waals surface area contributed by atoms with E-state index in [2.05, 4.69) is 0 Å². The second kappa shape index (κ2) is 5.22. The summed E-state index contributed by atoms with van der Waals surface area (Å²) in [5, 5.41) is 9.01. The fraction of sp³-hybridized carbons (Fsp3) is 0.636. The first-order valence-corrected chi connectivity index (χ1v) is 5.78. The molecule has 0 amide bonds. The predicted molar refractivity (Wildman–Crippen MR) is 61.4 cm³/mol. The van der Waals surface area contributed by atoms with Gasteiger partial charge in [-0.15, -0.1) is 0 Å². The molecule has 2 heterocycles. The Hall–Kier alpha value is -1.54. The Bertz CT molecular complexity index is 571. The maximum Gasteiger partial charge on any atom is 0.330 e. The summed E-state index contributed by atoms with van der Waals surface area (Å²) >= 11 is 0. The zero-order chi connectivity index (χ0) is 14.2. The van der Waals surface area contributed by atoms with Crippen LogP contribution in [0.5, 0.6) is 0 Å². The fourth-order valence-electron chi connectivity index (χ4n) is 2.13. The smallest absolute Gasteiger partial charge is 0.330 e. The van der Waals surface area contributed by atoms with E-state index < -0.39 is 49.0 Å². The number of aliphatic hydroxyl groups is 1. The standard InChI is InChI=1S/C11H14F2N2O4/c1-5-3-15(11(18)14-9(5)17)10-8(13)6(2-12)7(4-16)19-10/h3,6-8,10,16H,2,4H2,1H3,(H,14,17,18)/t6-,7-,8?,10-/m1/s1. The van der Waals surface area contributed by atoms with Gasteiger partial charge in [0.1, 0.15) is 0 Å². The summed E-state index contributed by atoms with van der Waals surface area (Å²) in [5.74, 6) is -1.13. The van der Waals surface area contributed by atoms with E-state index >= 15 is 0 Å². The van der Waals surface area contributed by atoms with Crippen LogP contribution in [0, 0.1) is 12.8 Å². The first-order chi connectivity index (χ1) is 8.99. The molecular formula is C11H14F2N2O4. The van der Waals surface area contributed by atoms with E-state index in [4.69, 9.17) is 9.84 Å². The van der Waals surface area contributed by atoms with Crippen LogP contribution >= 0.6 is 0 Å². The van der Waals surface area contributed by atoms with E-state index in [9.17, 15) is 18.4 Å². The van der Waals surface area contributed by atoms with Crippen LogP contribution in [0.3, 0.4) is 0 Å². The monoisotopic (exact) mass is 276 g/mol. The first kappa shape index (κ1) is 13.9. The Morgan fingerprint density at radius 2 is 2.21 bits per heavy atom. The minimum atomic E-state index is -1.77. The Morgan fingerprint density at radius 3 is 2.74 bits per heavy atom. The van der Waals surface area contributed by atoms with E-state index in [1.54, 1.807) is 0 Å². The lowest BCUT2D eigenvalue weighted by Gasteiger charge is -2.16. The minimum absolute atomic E-state index is 0.208. The summed E-state index contributed by atoms with van der Waals surface area (Å²) in [7, 11) is 0. The van der Waals surface area contributed by atoms with Gasteiger partial charge in [-0.2, -0.15) is 0 Å². The summed E-state index contributed by atoms with van der Waals surface area (Å²) in [6.07, 6.45) is -2.97. The molecule has 0 saturated carbocycles. The van der Waals surface area contributed by atoms with Gasteiger partial charge in [-0.05, 0) is 6.92 Å². The zero-order valence-corrected chi connectivity index (χ0v) is 10.2. The molecular weight excluding hydrogens is 262 g/mol. The number of H-pyrrole nitrogens is 1. The van der Waals surface area contributed by atoms with E-state index in [1.165, 1.54) is 6.92 Å². The average Bonchev–Trinajstić information content (AvgIpc) is 2.70. The summed E-state index contributed by atoms with van der Waals surface area (Å²) in [4.78, 5) is 24.9. The third kappa shape index (κ3) is 2.33. The molecule has 1 fully saturated rings. The molecule has 0 aliphatic carbocycles. The highest BCUT2D eigenvalue weighted by molar-refractivity contribution is 5.03. The second-order valence-electron chi connectivity index (χ2n) is 4.49. The molecule has 1 aromatic rings. The number of aromatic amines is 1. The Balaban J connectivity index is 2.41. The fourth-order valence-corrected chi connectivity index (χ4v) is 2.13. The number of alkyl halides is 2. The van der Waals surface area contributed by atoms with E-state index in [1.807, 2.05) is 4.98 Å². The number of hydrogen-bond donors (Lipinski definition) is 2. The van der Waals surface area contributed by atoms with Crippen LogP contribution in [0.25, 0.3) is 0 Å². The van der Waals surface area contributed by atoms with Gasteiger partial charge in [-0.3, -0.25) is 18.7 Å². The Morgan fingerprint density at radius 1 is 1.53 bits per heavy atom. The van der Waals surface area contributed by atoms with Crippen LogP contribution in [0.4, 0.5) is 8.78 Å². The van der Waals surface area contributed by atoms with Crippen molar-refractivity contribution >= 4 is 0 Å². The van der Waals surface area contributed by atoms with Crippen LogP contribution in [0.2, 0.25) is 0 Å². The zero-order valence-electron chi connectivity index (χ0n) is 10.2. The first-order valence-electron chi connectivity index (χ1n) is 5.78. The lowest BCUT2D eigenvalue weighted by molar-refractivity contribution is -0.0431. The number of nitrogens with zero attached hydrogens (tertiary/aromatic N) is 1. The average molecular weight is 276 g/mol. The van der Waals surface area contributed by atoms with Gasteiger partial charge in [0, 0.05) is 11.8 Å². The molecule has 1 aromatic heterocycles. The normalized spacial score (nSPS) is 30.7. The molecule has 0 radical (unpaired) electrons. The van der Waals surface area contributed by atoms with E-state index in [0.29, 0.717) is 0 Å². The van der Waals surface area contributed by atoms with Crippen molar-refractivity contribution in [2.75, 3.05) is 13.3 Å². The highest BCUT2D eigenvalue weighted by Gasteiger charge is 2.46. The van der Waals surface area contributed by atoms with Crippen LogP contribution in [-0.2, 0) is 4.74 Å². The van der Waals surface area contributed by atoms with Gasteiger partial charge in [0.15, 0.2) is 12.4 Å². The number of hydrogen-bond acceptors (Lipinski definition) is 4. The molecule has 2 rings (SSSR count). The quantitative estimate of drug-likeness (QED) is 0.791. The summed E-state index contributed by atoms with van der Waals surface area (Å²) in [5.41, 5.74) is -1.20. The maximum atomic E-state index is 14.1. The van der Waals surface area contributed by atoms with Gasteiger partial charge in [0.25, 0.3) is 5.56 Å². The Labute approximate surface area is 106 Å². The lowest BCUT2D eigenvalue weighted by atomic mass is 10.0. The van der Waals surface area contributed by atoms with Crippen molar-refractivity contribution in [3.63, 3.8) is 0 Å². The topological polar surface area (TPSA) is 84.3 Å². The van der Waals surface area contributed by atoms with Gasteiger partial charge < -0.3 is 9.84 Å². The van der Waals surface area contributed by atoms with E-state index in [0.717, 1.165) is 10.8 Å². The highest BCUT2D eigenvalue weighted by Crippen LogP contribution is 2.35. The van der Waals surface area contributed by atoms with Gasteiger partial charge >= 0.3 is 5.69 Å². The molecule has 1 unspecified atom stereocenters. The third-order valence-electron chi connectivity index (χ3n) is 3.25. The molecule has 0 aromatic carbocycles. The number of aliphatic hydroxyl groups excluding tert-OH is 1. The lowest BCUT2D eigenvalue weighted by Crippen LogP contribution is -2.36. The molecule has 106 valence electrons. The van der Waals surface area contributed by atoms with Crippen LogP contribution in [0.1, 0.15) is 11.8 Å². The summed E-state index contributed by atoms with van der Waals surface area (Å²) < 4.78 is 32.8. The molecule has 1 aliphatic rings. The number of aryl methyl sites for hydroxylation is 1. The van der Waals surface area contributed by atoms with Crippen molar-refractivity contribution in [2.45, 2.75) is 25.4 Å². The molecule has 19 heavy (non-hydrogen) atoms. The predicted octanol–water partition coefficient (Wildman–Crippen LogP) is -0.341. The summed E-state index contributed by atoms with van der Waals surface area (Å²) in [6.45, 7) is -0.0876. The number of halogens is 2. The second-order valence-corrected chi connectivity index (χ2v) is 4.49. The molecule has 1 aliphatic heterocycles. The Kier molecular flexibility index (Phi) is 3.81. The van der Waals surface area contributed by atoms with Gasteiger partial charge in [0.05, 0.1) is 25.3 Å². The molecule has 8 heteroatoms. The molecule has 0 spiro atoms. The molecule has 4 atom stereocenters. The number of ether oxygens (including phenoxy) is 1. The van der Waals surface area contributed by atoms with Crippen molar-refractivity contribution in [3.8, 4) is 0 Å². The van der Waals surface area contributed by atoms with Gasteiger partial charge in [-0.25, -0.2) is 9.18 Å². The van der Waals surface area contributed by atoms with Gasteiger partial charge in [-0.1, -0.05) is 0 Å². The summed E-state index contributed by atoms with van der Waals surface area (Å²) in [6, 6.07) is 0. The molecule has 1 saturated heterocycles. The SMILES string of the molecule is Cc1cn([C@@H]2O[C@H](CO)[C@@H](CF)C2F)c(=O)[nH]c1=O. The van der Waals surface area contributed by atoms with Crippen molar-refractivity contribution in [1.82, 2.24) is 9.55 Å². The van der Waals surface area contributed by atoms with Crippen LogP contribution in [0.15, 0.2) is 15.8 Å². The van der Waals surface area contributed by atoms with Crippen LogP contribution in [-0.4, -0.2) is 40.2 Å². The van der Waals surface area contributed by atoms with E-state index in [-0.39, 0.29) is 5.56 Å². The van der Waals surface area contributed by atoms with Crippen molar-refractivity contribution in [3.05, 3.63) is 32.6 Å². The van der Waals surface area contributed by atoms with Gasteiger partial charge in [0.2, 0.25) is 0 Å². The number of nitrogens with one attached hydrogen (secondary N) is 1. The highest BCUT2D eigenvalue weighted by atomic mass is 19.1. The maximum absolute atomic E-state index is 14.1. The number of aromatic nitrogens is 2. The van der Waals surface area contributed by atoms with Crippen molar-refractivity contribution in [2.24, 2.45) is 5.92 Å². The number of rotatable bonds is 3. The third-order valence-corrected chi connectivity index (χ3v) is 3.25. The molecule has 0 bridgehead atoms. The molecule has 6 nitrogen and oxygen atoms in total.